The van der Waals surface area contributed by atoms with Crippen LogP contribution < -0.4 is 29.6 Å². The standard InChI is InChI=1S/2C44H53Cl2N5O6/c2*1-27(52)50-22-19-32(20-23-50)51(43(54)57-44(2,3)4)26-30-12-17-37(49-42(30)56-6)36-9-7-8-34(39(36)45)35-18-21-47-41(40(35)46)28-10-11-29(38(24-28)55-5)25-48-31-13-15-33(53)16-14-31/h2*7-12,17-18,21,24,31-33,48,53H,13-16,19-20,22-23,25-26H2,1-6H3. The van der Waals surface area contributed by atoms with Gasteiger partial charge < -0.3 is 68.9 Å². The second-order valence-electron chi connectivity index (χ2n) is 31.6. The zero-order valence-corrected chi connectivity index (χ0v) is 70.2. The van der Waals surface area contributed by atoms with Gasteiger partial charge in [-0.1, -0.05) is 107 Å². The number of benzene rings is 4. The van der Waals surface area contributed by atoms with Gasteiger partial charge in [-0.05, 0) is 167 Å². The third kappa shape index (κ3) is 21.6. The summed E-state index contributed by atoms with van der Waals surface area (Å²) in [5.74, 6) is 2.24. The van der Waals surface area contributed by atoms with Crippen molar-refractivity contribution in [3.63, 3.8) is 0 Å². The normalized spacial score (nSPS) is 17.6. The molecule has 114 heavy (non-hydrogen) atoms. The highest BCUT2D eigenvalue weighted by Gasteiger charge is 2.36. The van der Waals surface area contributed by atoms with Gasteiger partial charge in [-0.3, -0.25) is 19.6 Å². The largest absolute Gasteiger partial charge is 0.496 e. The summed E-state index contributed by atoms with van der Waals surface area (Å²) in [6.45, 7) is 18.2. The number of nitrogens with zero attached hydrogens (tertiary/aromatic N) is 8. The summed E-state index contributed by atoms with van der Waals surface area (Å²) < 4.78 is 34.9. The molecule has 12 rings (SSSR count). The summed E-state index contributed by atoms with van der Waals surface area (Å²) in [6.07, 6.45) is 11.8. The molecule has 22 nitrogen and oxygen atoms in total. The molecule has 0 atom stereocenters. The van der Waals surface area contributed by atoms with E-state index in [9.17, 15) is 29.4 Å². The van der Waals surface area contributed by atoms with E-state index in [4.69, 9.17) is 84.8 Å². The van der Waals surface area contributed by atoms with Gasteiger partial charge in [0.2, 0.25) is 23.6 Å². The number of pyridine rings is 4. The lowest BCUT2D eigenvalue weighted by Crippen LogP contribution is -2.49. The number of amides is 4. The molecule has 0 unspecified atom stereocenters. The number of carbonyl (C=O) groups excluding carboxylic acids is 4. The summed E-state index contributed by atoms with van der Waals surface area (Å²) in [5, 5.41) is 28.8. The monoisotopic (exact) mass is 1630 g/mol. The molecule has 0 bridgehead atoms. The van der Waals surface area contributed by atoms with E-state index in [0.717, 1.165) is 85.1 Å². The summed E-state index contributed by atoms with van der Waals surface area (Å²) in [7, 11) is 6.42. The number of aliphatic hydroxyl groups excluding tert-OH is 2. The quantitative estimate of drug-likeness (QED) is 0.0492. The molecule has 2 saturated heterocycles. The van der Waals surface area contributed by atoms with Gasteiger partial charge in [0.25, 0.3) is 0 Å². The Morgan fingerprint density at radius 3 is 1.12 bits per heavy atom. The second-order valence-corrected chi connectivity index (χ2v) is 33.1. The predicted octanol–water partition coefficient (Wildman–Crippen LogP) is 17.9. The van der Waals surface area contributed by atoms with E-state index in [1.54, 1.807) is 74.3 Å². The summed E-state index contributed by atoms with van der Waals surface area (Å²) in [6, 6.07) is 35.1. The molecular weight excluding hydrogens is 1530 g/mol. The van der Waals surface area contributed by atoms with Gasteiger partial charge >= 0.3 is 12.2 Å². The first-order chi connectivity index (χ1) is 54.5. The maximum Gasteiger partial charge on any atom is 0.410 e. The molecule has 608 valence electrons. The Kier molecular flexibility index (Phi) is 29.2. The minimum Gasteiger partial charge on any atom is -0.496 e. The van der Waals surface area contributed by atoms with Gasteiger partial charge in [0.15, 0.2) is 0 Å². The maximum absolute atomic E-state index is 13.6. The number of halogens is 4. The predicted molar refractivity (Wildman–Crippen MR) is 447 cm³/mol. The number of ether oxygens (including phenoxy) is 6. The highest BCUT2D eigenvalue weighted by atomic mass is 35.5. The third-order valence-corrected chi connectivity index (χ3v) is 23.1. The summed E-state index contributed by atoms with van der Waals surface area (Å²) in [4.78, 5) is 77.3. The highest BCUT2D eigenvalue weighted by Crippen LogP contribution is 2.46. The van der Waals surface area contributed by atoms with Crippen molar-refractivity contribution in [2.24, 2.45) is 0 Å². The smallest absolute Gasteiger partial charge is 0.410 e. The lowest BCUT2D eigenvalue weighted by Gasteiger charge is -2.39. The van der Waals surface area contributed by atoms with E-state index in [1.807, 2.05) is 151 Å². The van der Waals surface area contributed by atoms with Crippen molar-refractivity contribution in [2.45, 2.75) is 206 Å². The average molecular weight is 1640 g/mol. The Bertz CT molecular complexity index is 4410. The lowest BCUT2D eigenvalue weighted by atomic mass is 9.93. The Hall–Kier alpha value is -8.84. The van der Waals surface area contributed by atoms with Crippen molar-refractivity contribution in [2.75, 3.05) is 54.6 Å². The minimum absolute atomic E-state index is 0.0284. The molecule has 6 heterocycles. The molecule has 0 radical (unpaired) electrons. The highest BCUT2D eigenvalue weighted by molar-refractivity contribution is 6.40. The average Bonchev–Trinajstić information content (AvgIpc) is 0.780. The van der Waals surface area contributed by atoms with Gasteiger partial charge in [-0.2, -0.15) is 0 Å². The molecular formula is C88H106Cl4N10O12. The van der Waals surface area contributed by atoms with Crippen LogP contribution in [0.3, 0.4) is 0 Å². The number of piperidine rings is 2. The number of aliphatic hydroxyl groups is 2. The van der Waals surface area contributed by atoms with Crippen molar-refractivity contribution in [1.82, 2.24) is 50.2 Å². The van der Waals surface area contributed by atoms with Crippen molar-refractivity contribution in [3.05, 3.63) is 164 Å². The fourth-order valence-corrected chi connectivity index (χ4v) is 16.5. The zero-order valence-electron chi connectivity index (χ0n) is 67.2. The Labute approximate surface area is 689 Å². The molecule has 2 aliphatic carbocycles. The van der Waals surface area contributed by atoms with E-state index < -0.39 is 23.4 Å². The second kappa shape index (κ2) is 38.7. The van der Waals surface area contributed by atoms with Crippen LogP contribution in [0, 0.1) is 0 Å². The van der Waals surface area contributed by atoms with Crippen molar-refractivity contribution < 1.29 is 57.8 Å². The molecule has 0 spiro atoms. The molecule has 4 fully saturated rings. The van der Waals surface area contributed by atoms with Crippen molar-refractivity contribution >= 4 is 70.4 Å². The van der Waals surface area contributed by atoms with Crippen molar-refractivity contribution in [1.29, 1.82) is 0 Å². The first kappa shape index (κ1) is 86.0. The topological polar surface area (TPSA) is 253 Å². The SMILES string of the molecule is COc1cc(-c2nccc(-c3cccc(-c4ccc(CN(C(=O)OC(C)(C)C)C5CCN(C(C)=O)CC5)c(OC)n4)c3Cl)c2Cl)ccc1CNC1CCC(O)CC1.COc1cc(-c2nccc(-c3cccc(-c4ccc(CN(C(=O)OC(C)(C)C)C5CCN(C(C)=O)CC5)c(OC)n4)c3Cl)c2Cl)ccc1CNC1CCC(O)CC1. The molecule has 8 aromatic rings. The van der Waals surface area contributed by atoms with Gasteiger partial charge in [-0.15, -0.1) is 0 Å². The van der Waals surface area contributed by atoms with Gasteiger partial charge in [0.1, 0.15) is 22.7 Å². The van der Waals surface area contributed by atoms with Crippen LogP contribution >= 0.6 is 46.4 Å². The molecule has 4 aromatic heterocycles. The molecule has 4 aliphatic rings. The third-order valence-electron chi connectivity index (χ3n) is 21.5. The van der Waals surface area contributed by atoms with Crippen LogP contribution in [0.15, 0.2) is 122 Å². The van der Waals surface area contributed by atoms with Gasteiger partial charge in [-0.25, -0.2) is 19.6 Å². The number of hydrogen-bond donors (Lipinski definition) is 4. The lowest BCUT2D eigenvalue weighted by molar-refractivity contribution is -0.131. The van der Waals surface area contributed by atoms with Crippen LogP contribution in [0.2, 0.25) is 20.1 Å². The van der Waals surface area contributed by atoms with Gasteiger partial charge in [0, 0.05) is 156 Å². The maximum atomic E-state index is 13.6. The molecule has 26 heteroatoms. The molecule has 2 saturated carbocycles. The Balaban J connectivity index is 0.000000225. The van der Waals surface area contributed by atoms with E-state index in [0.29, 0.717) is 176 Å². The van der Waals surface area contributed by atoms with Crippen molar-refractivity contribution in [3.8, 4) is 90.5 Å². The first-order valence-electron chi connectivity index (χ1n) is 39.1. The number of likely N-dealkylation sites (tertiary alicyclic amines) is 2. The summed E-state index contributed by atoms with van der Waals surface area (Å²) in [5.41, 5.74) is 10.3. The van der Waals surface area contributed by atoms with E-state index in [1.165, 1.54) is 0 Å². The van der Waals surface area contributed by atoms with Crippen LogP contribution in [0.5, 0.6) is 23.3 Å². The fourth-order valence-electron chi connectivity index (χ4n) is 15.2. The number of aromatic nitrogens is 4. The minimum atomic E-state index is -0.682. The number of hydrogen-bond acceptors (Lipinski definition) is 18. The first-order valence-corrected chi connectivity index (χ1v) is 40.7. The Morgan fingerprint density at radius 2 is 0.789 bits per heavy atom. The number of carbonyl (C=O) groups is 4. The van der Waals surface area contributed by atoms with Crippen LogP contribution in [-0.2, 0) is 45.2 Å². The number of rotatable bonds is 22. The van der Waals surface area contributed by atoms with E-state index in [-0.39, 0.29) is 49.2 Å². The van der Waals surface area contributed by atoms with Crippen LogP contribution in [-0.4, -0.2) is 176 Å². The van der Waals surface area contributed by atoms with Crippen LogP contribution in [0.1, 0.15) is 155 Å². The van der Waals surface area contributed by atoms with Crippen LogP contribution in [0.25, 0.3) is 67.3 Å². The number of nitrogens with one attached hydrogen (secondary N) is 2. The molecule has 4 aromatic carbocycles. The number of methoxy groups -OCH3 is 4. The molecule has 4 N–H and O–H groups in total. The van der Waals surface area contributed by atoms with E-state index in [2.05, 4.69) is 20.6 Å². The van der Waals surface area contributed by atoms with Gasteiger partial charge in [0.05, 0.1) is 96.6 Å². The van der Waals surface area contributed by atoms with Crippen LogP contribution in [0.4, 0.5) is 9.59 Å². The molecule has 4 amide bonds. The summed E-state index contributed by atoms with van der Waals surface area (Å²) >= 11 is 28.6. The molecule has 2 aliphatic heterocycles. The van der Waals surface area contributed by atoms with E-state index >= 15 is 0 Å². The Morgan fingerprint density at radius 1 is 0.447 bits per heavy atom. The zero-order chi connectivity index (χ0) is 81.7. The fraction of sp³-hybridized carbons (Fsp3) is 0.455.